The monoisotopic (exact) mass is 343 g/mol. The van der Waals surface area contributed by atoms with Gasteiger partial charge in [0, 0.05) is 24.2 Å². The zero-order valence-corrected chi connectivity index (χ0v) is 15.5. The molecule has 0 aliphatic heterocycles. The van der Waals surface area contributed by atoms with Crippen LogP contribution in [0.15, 0.2) is 18.2 Å². The average molecular weight is 343 g/mol. The number of para-hydroxylation sites is 1. The van der Waals surface area contributed by atoms with Crippen LogP contribution in [0.3, 0.4) is 0 Å². The number of aliphatic hydroxyl groups is 1. The number of carbonyl (C=O) groups is 1. The molecule has 0 unspecified atom stereocenters. The van der Waals surface area contributed by atoms with Crippen LogP contribution in [-0.4, -0.2) is 53.7 Å². The molecule has 1 atom stereocenters. The first-order chi connectivity index (χ1) is 11.9. The molecule has 3 N–H and O–H groups in total. The van der Waals surface area contributed by atoms with E-state index in [1.165, 1.54) is 35.9 Å². The van der Waals surface area contributed by atoms with Crippen molar-refractivity contribution in [3.63, 3.8) is 0 Å². The normalized spacial score (nSPS) is 17.2. The molecule has 0 saturated carbocycles. The first kappa shape index (κ1) is 18.0. The molecule has 0 radical (unpaired) electrons. The fourth-order valence-corrected chi connectivity index (χ4v) is 3.90. The molecule has 2 aromatic rings. The first-order valence-corrected chi connectivity index (χ1v) is 9.15. The number of nitrogens with one attached hydrogen (secondary N) is 2. The lowest BCUT2D eigenvalue weighted by Crippen LogP contribution is -2.47. The van der Waals surface area contributed by atoms with Gasteiger partial charge in [0.1, 0.15) is 0 Å². The molecule has 5 nitrogen and oxygen atoms in total. The highest BCUT2D eigenvalue weighted by Crippen LogP contribution is 2.30. The summed E-state index contributed by atoms with van der Waals surface area (Å²) in [7, 11) is 3.81. The number of likely N-dealkylation sites (N-methyl/N-ethyl adjacent to an activating group) is 1. The summed E-state index contributed by atoms with van der Waals surface area (Å²) >= 11 is 0. The summed E-state index contributed by atoms with van der Waals surface area (Å²) in [6, 6.07) is 5.91. The van der Waals surface area contributed by atoms with Crippen molar-refractivity contribution in [1.29, 1.82) is 0 Å². The molecule has 1 aromatic carbocycles. The molecule has 0 saturated heterocycles. The second kappa shape index (κ2) is 7.18. The van der Waals surface area contributed by atoms with Gasteiger partial charge in [-0.25, -0.2) is 0 Å². The second-order valence-electron chi connectivity index (χ2n) is 7.79. The second-order valence-corrected chi connectivity index (χ2v) is 7.79. The molecule has 136 valence electrons. The van der Waals surface area contributed by atoms with Crippen molar-refractivity contribution in [2.24, 2.45) is 0 Å². The number of carbonyl (C=O) groups excluding carboxylic acids is 1. The number of H-pyrrole nitrogens is 1. The summed E-state index contributed by atoms with van der Waals surface area (Å²) in [6.45, 7) is 2.46. The van der Waals surface area contributed by atoms with Gasteiger partial charge in [0.2, 0.25) is 0 Å². The maximum absolute atomic E-state index is 12.7. The van der Waals surface area contributed by atoms with Crippen LogP contribution in [0.5, 0.6) is 0 Å². The van der Waals surface area contributed by atoms with Crippen molar-refractivity contribution in [2.45, 2.75) is 44.6 Å². The number of aryl methyl sites for hydroxylation is 2. The lowest BCUT2D eigenvalue weighted by Gasteiger charge is -2.27. The summed E-state index contributed by atoms with van der Waals surface area (Å²) in [6.07, 6.45) is 5.82. The molecule has 0 fully saturated rings. The highest BCUT2D eigenvalue weighted by Gasteiger charge is 2.24. The van der Waals surface area contributed by atoms with E-state index in [4.69, 9.17) is 0 Å². The quantitative estimate of drug-likeness (QED) is 0.731. The number of aromatic amines is 1. The maximum atomic E-state index is 12.7. The highest BCUT2D eigenvalue weighted by atomic mass is 16.3. The minimum absolute atomic E-state index is 0.138. The number of nitrogens with zero attached hydrogens (tertiary/aromatic N) is 1. The Bertz CT molecular complexity index is 762. The minimum atomic E-state index is -0.958. The van der Waals surface area contributed by atoms with Gasteiger partial charge in [-0.2, -0.15) is 0 Å². The smallest absolute Gasteiger partial charge is 0.253 e. The van der Waals surface area contributed by atoms with Crippen molar-refractivity contribution in [3.05, 3.63) is 35.0 Å². The minimum Gasteiger partial charge on any atom is -0.387 e. The topological polar surface area (TPSA) is 68.4 Å². The molecule has 1 heterocycles. The van der Waals surface area contributed by atoms with Crippen LogP contribution in [0.4, 0.5) is 0 Å². The molecule has 5 heteroatoms. The number of rotatable bonds is 5. The zero-order valence-electron chi connectivity index (χ0n) is 15.5. The Morgan fingerprint density at radius 3 is 2.80 bits per heavy atom. The maximum Gasteiger partial charge on any atom is 0.253 e. The van der Waals surface area contributed by atoms with Crippen molar-refractivity contribution >= 4 is 16.8 Å². The van der Waals surface area contributed by atoms with Crippen LogP contribution in [0.25, 0.3) is 10.9 Å². The van der Waals surface area contributed by atoms with E-state index < -0.39 is 5.60 Å². The molecular formula is C20H29N3O2. The van der Waals surface area contributed by atoms with Gasteiger partial charge in [0.25, 0.3) is 5.91 Å². The van der Waals surface area contributed by atoms with Crippen molar-refractivity contribution in [3.8, 4) is 0 Å². The van der Waals surface area contributed by atoms with E-state index in [0.29, 0.717) is 12.1 Å². The Labute approximate surface area is 149 Å². The molecule has 3 rings (SSSR count). The summed E-state index contributed by atoms with van der Waals surface area (Å²) in [5.74, 6) is -0.138. The molecule has 0 spiro atoms. The van der Waals surface area contributed by atoms with Gasteiger partial charge in [-0.3, -0.25) is 4.79 Å². The third-order valence-corrected chi connectivity index (χ3v) is 4.91. The predicted molar refractivity (Wildman–Crippen MR) is 101 cm³/mol. The van der Waals surface area contributed by atoms with Crippen LogP contribution >= 0.6 is 0 Å². The van der Waals surface area contributed by atoms with E-state index in [-0.39, 0.29) is 12.5 Å². The van der Waals surface area contributed by atoms with Crippen molar-refractivity contribution in [2.75, 3.05) is 27.2 Å². The summed E-state index contributed by atoms with van der Waals surface area (Å²) in [4.78, 5) is 18.1. The van der Waals surface area contributed by atoms with Crippen LogP contribution in [-0.2, 0) is 12.8 Å². The van der Waals surface area contributed by atoms with Crippen LogP contribution < -0.4 is 5.32 Å². The van der Waals surface area contributed by atoms with Gasteiger partial charge < -0.3 is 20.3 Å². The third kappa shape index (κ3) is 4.05. The lowest BCUT2D eigenvalue weighted by atomic mass is 10.0. The van der Waals surface area contributed by atoms with E-state index in [1.54, 1.807) is 6.92 Å². The Kier molecular flexibility index (Phi) is 5.16. The SMILES string of the molecule is CN(C)C[C@](C)(O)CNC(=O)c1cccc2c3c([nH]c12)CCCCC3. The van der Waals surface area contributed by atoms with Gasteiger partial charge in [0.15, 0.2) is 0 Å². The molecule has 1 aromatic heterocycles. The summed E-state index contributed by atoms with van der Waals surface area (Å²) in [5.41, 5.74) is 3.29. The molecule has 1 aliphatic rings. The summed E-state index contributed by atoms with van der Waals surface area (Å²) in [5, 5.41) is 14.5. The number of benzene rings is 1. The van der Waals surface area contributed by atoms with E-state index in [2.05, 4.69) is 16.4 Å². The fourth-order valence-electron chi connectivity index (χ4n) is 3.90. The zero-order chi connectivity index (χ0) is 18.0. The molecule has 25 heavy (non-hydrogen) atoms. The van der Waals surface area contributed by atoms with Gasteiger partial charge in [-0.15, -0.1) is 0 Å². The molecule has 1 amide bonds. The van der Waals surface area contributed by atoms with Gasteiger partial charge >= 0.3 is 0 Å². The Morgan fingerprint density at radius 2 is 2.04 bits per heavy atom. The number of aromatic nitrogens is 1. The third-order valence-electron chi connectivity index (χ3n) is 4.91. The van der Waals surface area contributed by atoms with Crippen molar-refractivity contribution in [1.82, 2.24) is 15.2 Å². The van der Waals surface area contributed by atoms with Gasteiger partial charge in [-0.05, 0) is 58.3 Å². The Hall–Kier alpha value is -1.85. The van der Waals surface area contributed by atoms with Crippen LogP contribution in [0.2, 0.25) is 0 Å². The largest absolute Gasteiger partial charge is 0.387 e. The van der Waals surface area contributed by atoms with E-state index in [0.717, 1.165) is 18.4 Å². The molecule has 1 aliphatic carbocycles. The van der Waals surface area contributed by atoms with E-state index in [1.807, 2.05) is 31.1 Å². The number of fused-ring (bicyclic) bond motifs is 3. The van der Waals surface area contributed by atoms with Crippen LogP contribution in [0.1, 0.15) is 47.8 Å². The average Bonchev–Trinajstić information content (AvgIpc) is 2.73. The fraction of sp³-hybridized carbons (Fsp3) is 0.550. The first-order valence-electron chi connectivity index (χ1n) is 9.15. The number of hydrogen-bond acceptors (Lipinski definition) is 3. The Morgan fingerprint density at radius 1 is 1.28 bits per heavy atom. The number of hydrogen-bond donors (Lipinski definition) is 3. The number of amides is 1. The standard InChI is InChI=1S/C20H29N3O2/c1-20(25,13-23(2)3)12-21-19(24)16-10-7-9-15-14-8-5-4-6-11-17(14)22-18(15)16/h7,9-10,22,25H,4-6,8,11-13H2,1-3H3,(H,21,24)/t20-/m1/s1. The highest BCUT2D eigenvalue weighted by molar-refractivity contribution is 6.06. The lowest BCUT2D eigenvalue weighted by molar-refractivity contribution is 0.0326. The van der Waals surface area contributed by atoms with Gasteiger partial charge in [0.05, 0.1) is 16.7 Å². The summed E-state index contributed by atoms with van der Waals surface area (Å²) < 4.78 is 0. The van der Waals surface area contributed by atoms with Crippen LogP contribution in [0, 0.1) is 0 Å². The molecular weight excluding hydrogens is 314 g/mol. The predicted octanol–water partition coefficient (Wildman–Crippen LogP) is 2.48. The molecule has 0 bridgehead atoms. The Balaban J connectivity index is 1.82. The van der Waals surface area contributed by atoms with Crippen molar-refractivity contribution < 1.29 is 9.90 Å². The van der Waals surface area contributed by atoms with Gasteiger partial charge in [-0.1, -0.05) is 18.6 Å². The van der Waals surface area contributed by atoms with E-state index in [9.17, 15) is 9.90 Å². The van der Waals surface area contributed by atoms with E-state index >= 15 is 0 Å².